The Hall–Kier alpha value is -1.33. The van der Waals surface area contributed by atoms with Gasteiger partial charge < -0.3 is 5.11 Å². The van der Waals surface area contributed by atoms with Gasteiger partial charge in [0.1, 0.15) is 6.61 Å². The highest BCUT2D eigenvalue weighted by atomic mass is 16.3. The largest absolute Gasteiger partial charge is 0.385 e. The third-order valence-corrected chi connectivity index (χ3v) is 1.19. The Morgan fingerprint density at radius 3 is 2.30 bits per heavy atom. The van der Waals surface area contributed by atoms with Gasteiger partial charge in [0.25, 0.3) is 0 Å². The third-order valence-electron chi connectivity index (χ3n) is 1.19. The molecule has 0 fully saturated rings. The predicted octanol–water partition coefficient (Wildman–Crippen LogP) is 1.44. The average molecular weight is 132 g/mol. The van der Waals surface area contributed by atoms with Gasteiger partial charge in [-0.3, -0.25) is 0 Å². The van der Waals surface area contributed by atoms with Crippen molar-refractivity contribution < 1.29 is 5.11 Å². The molecule has 2 nitrogen and oxygen atoms in total. The molecule has 2 heteroatoms. The second-order valence-electron chi connectivity index (χ2n) is 1.86. The van der Waals surface area contributed by atoms with Crippen molar-refractivity contribution in [3.63, 3.8) is 0 Å². The van der Waals surface area contributed by atoms with Crippen LogP contribution in [0.1, 0.15) is 11.1 Å². The van der Waals surface area contributed by atoms with Gasteiger partial charge in [0, 0.05) is 0 Å². The molecule has 0 aliphatic carbocycles. The van der Waals surface area contributed by atoms with Gasteiger partial charge in [-0.25, -0.2) is 0 Å². The predicted molar refractivity (Wildman–Crippen MR) is 36.5 cm³/mol. The molecule has 1 radical (unpaired) electrons. The summed E-state index contributed by atoms with van der Waals surface area (Å²) in [5.41, 5.74) is 1.31. The normalized spacial score (nSPS) is 8.80. The van der Waals surface area contributed by atoms with Crippen LogP contribution in [0.5, 0.6) is 0 Å². The monoisotopic (exact) mass is 132 g/mol. The molecule has 10 heavy (non-hydrogen) atoms. The number of nitrogens with zero attached hydrogens (tertiary/aromatic N) is 1. The van der Waals surface area contributed by atoms with E-state index in [1.807, 2.05) is 6.07 Å². The lowest BCUT2D eigenvalue weighted by atomic mass is 10.2. The number of aliphatic hydroxyl groups excluding tert-OH is 1. The topological polar surface area (TPSA) is 44.0 Å². The van der Waals surface area contributed by atoms with Crippen LogP contribution in [-0.2, 0) is 0 Å². The molecule has 0 bridgehead atoms. The van der Waals surface area contributed by atoms with Gasteiger partial charge in [-0.15, -0.1) is 0 Å². The van der Waals surface area contributed by atoms with Crippen molar-refractivity contribution in [1.29, 1.82) is 5.26 Å². The molecule has 1 aromatic rings. The molecule has 0 saturated carbocycles. The zero-order chi connectivity index (χ0) is 7.40. The second-order valence-corrected chi connectivity index (χ2v) is 1.86. The van der Waals surface area contributed by atoms with Crippen molar-refractivity contribution in [3.8, 4) is 6.07 Å². The molecule has 0 heterocycles. The molecular formula is C8H6NO. The Labute approximate surface area is 59.3 Å². The second kappa shape index (κ2) is 3.00. The van der Waals surface area contributed by atoms with Gasteiger partial charge in [0.15, 0.2) is 0 Å². The summed E-state index contributed by atoms with van der Waals surface area (Å²) in [6.07, 6.45) is 0. The SMILES string of the molecule is N#Cc1ccc([CH]O)cc1. The minimum absolute atomic E-state index is 0.602. The molecule has 0 aromatic heterocycles. The van der Waals surface area contributed by atoms with E-state index in [9.17, 15) is 0 Å². The summed E-state index contributed by atoms with van der Waals surface area (Å²) in [5, 5.41) is 16.9. The Morgan fingerprint density at radius 1 is 1.30 bits per heavy atom. The van der Waals surface area contributed by atoms with Gasteiger partial charge in [0.05, 0.1) is 11.6 Å². The molecular weight excluding hydrogens is 126 g/mol. The Balaban J connectivity index is 2.93. The molecule has 1 aromatic carbocycles. The van der Waals surface area contributed by atoms with Gasteiger partial charge in [0.2, 0.25) is 0 Å². The molecule has 0 aliphatic rings. The standard InChI is InChI=1S/C8H6NO/c9-5-7-1-3-8(6-10)4-2-7/h1-4,6,10H. The number of nitriles is 1. The molecule has 0 aliphatic heterocycles. The number of hydrogen-bond donors (Lipinski definition) is 1. The molecule has 0 spiro atoms. The summed E-state index contributed by atoms with van der Waals surface area (Å²) >= 11 is 0. The van der Waals surface area contributed by atoms with Crippen molar-refractivity contribution in [1.82, 2.24) is 0 Å². The van der Waals surface area contributed by atoms with E-state index in [4.69, 9.17) is 10.4 Å². The first-order chi connectivity index (χ1) is 4.86. The summed E-state index contributed by atoms with van der Waals surface area (Å²) in [4.78, 5) is 0. The average Bonchev–Trinajstić information content (AvgIpc) is 2.05. The van der Waals surface area contributed by atoms with Crippen LogP contribution in [0.15, 0.2) is 24.3 Å². The lowest BCUT2D eigenvalue weighted by Gasteiger charge is -1.91. The van der Waals surface area contributed by atoms with Crippen LogP contribution in [0.4, 0.5) is 0 Å². The number of hydrogen-bond acceptors (Lipinski definition) is 2. The van der Waals surface area contributed by atoms with Crippen LogP contribution in [-0.4, -0.2) is 5.11 Å². The molecule has 0 atom stereocenters. The lowest BCUT2D eigenvalue weighted by Crippen LogP contribution is -1.79. The minimum atomic E-state index is 0.602. The first-order valence-corrected chi connectivity index (χ1v) is 2.84. The zero-order valence-electron chi connectivity index (χ0n) is 5.28. The Kier molecular flexibility index (Phi) is 2.03. The van der Waals surface area contributed by atoms with Gasteiger partial charge in [-0.1, -0.05) is 12.1 Å². The summed E-state index contributed by atoms with van der Waals surface area (Å²) in [5.74, 6) is 0. The first kappa shape index (κ1) is 6.79. The van der Waals surface area contributed by atoms with E-state index in [1.165, 1.54) is 0 Å². The van der Waals surface area contributed by atoms with Crippen LogP contribution >= 0.6 is 0 Å². The maximum atomic E-state index is 8.49. The van der Waals surface area contributed by atoms with E-state index in [-0.39, 0.29) is 0 Å². The summed E-state index contributed by atoms with van der Waals surface area (Å²) in [6.45, 7) is 1.00. The number of benzene rings is 1. The van der Waals surface area contributed by atoms with E-state index in [0.29, 0.717) is 11.1 Å². The highest BCUT2D eigenvalue weighted by Crippen LogP contribution is 2.02. The van der Waals surface area contributed by atoms with E-state index in [2.05, 4.69) is 0 Å². The van der Waals surface area contributed by atoms with Crippen LogP contribution < -0.4 is 0 Å². The maximum Gasteiger partial charge on any atom is 0.109 e. The van der Waals surface area contributed by atoms with Crippen LogP contribution in [0, 0.1) is 17.9 Å². The molecule has 0 amide bonds. The third kappa shape index (κ3) is 1.34. The fourth-order valence-corrected chi connectivity index (χ4v) is 0.644. The van der Waals surface area contributed by atoms with E-state index in [0.717, 1.165) is 6.61 Å². The maximum absolute atomic E-state index is 8.49. The Bertz CT molecular complexity index is 245. The number of rotatable bonds is 1. The fraction of sp³-hybridized carbons (Fsp3) is 0. The van der Waals surface area contributed by atoms with Crippen LogP contribution in [0.3, 0.4) is 0 Å². The summed E-state index contributed by atoms with van der Waals surface area (Å²) in [6, 6.07) is 8.65. The van der Waals surface area contributed by atoms with Crippen LogP contribution in [0.25, 0.3) is 0 Å². The summed E-state index contributed by atoms with van der Waals surface area (Å²) in [7, 11) is 0. The first-order valence-electron chi connectivity index (χ1n) is 2.84. The smallest absolute Gasteiger partial charge is 0.109 e. The van der Waals surface area contributed by atoms with E-state index >= 15 is 0 Å². The highest BCUT2D eigenvalue weighted by Gasteiger charge is 1.89. The van der Waals surface area contributed by atoms with Crippen molar-refractivity contribution in [3.05, 3.63) is 42.0 Å². The molecule has 1 rings (SSSR count). The molecule has 1 N–H and O–H groups in total. The highest BCUT2D eigenvalue weighted by molar-refractivity contribution is 5.33. The fourth-order valence-electron chi connectivity index (χ4n) is 0.644. The van der Waals surface area contributed by atoms with E-state index in [1.54, 1.807) is 24.3 Å². The number of aliphatic hydroxyl groups is 1. The van der Waals surface area contributed by atoms with E-state index < -0.39 is 0 Å². The van der Waals surface area contributed by atoms with Crippen molar-refractivity contribution in [2.24, 2.45) is 0 Å². The quantitative estimate of drug-likeness (QED) is 0.628. The lowest BCUT2D eigenvalue weighted by molar-refractivity contribution is 0.415. The van der Waals surface area contributed by atoms with Crippen LogP contribution in [0.2, 0.25) is 0 Å². The van der Waals surface area contributed by atoms with Gasteiger partial charge >= 0.3 is 0 Å². The summed E-state index contributed by atoms with van der Waals surface area (Å²) < 4.78 is 0. The molecule has 0 saturated heterocycles. The Morgan fingerprint density at radius 2 is 1.90 bits per heavy atom. The molecule has 49 valence electrons. The van der Waals surface area contributed by atoms with Crippen molar-refractivity contribution in [2.45, 2.75) is 0 Å². The zero-order valence-corrected chi connectivity index (χ0v) is 5.28. The van der Waals surface area contributed by atoms with Gasteiger partial charge in [-0.2, -0.15) is 5.26 Å². The molecule has 0 unspecified atom stereocenters. The minimum Gasteiger partial charge on any atom is -0.385 e. The van der Waals surface area contributed by atoms with Gasteiger partial charge in [-0.05, 0) is 17.7 Å². The van der Waals surface area contributed by atoms with Crippen molar-refractivity contribution in [2.75, 3.05) is 0 Å². The van der Waals surface area contributed by atoms with Crippen molar-refractivity contribution >= 4 is 0 Å².